The highest BCUT2D eigenvalue weighted by molar-refractivity contribution is 6.02. The first-order valence-corrected chi connectivity index (χ1v) is 10.2. The van der Waals surface area contributed by atoms with Crippen LogP contribution >= 0.6 is 0 Å². The SMILES string of the molecule is CCCOc1ccc(/C=C/C(=O)Nc2cccc(C(=O)OCCOCC)c2)cc1OC. The summed E-state index contributed by atoms with van der Waals surface area (Å²) in [5.74, 6) is 0.471. The zero-order valence-electron chi connectivity index (χ0n) is 18.2. The number of anilines is 1. The van der Waals surface area contributed by atoms with Crippen molar-refractivity contribution < 1.29 is 28.5 Å². The van der Waals surface area contributed by atoms with Crippen molar-refractivity contribution >= 4 is 23.6 Å². The largest absolute Gasteiger partial charge is 0.493 e. The molecule has 0 aliphatic heterocycles. The highest BCUT2D eigenvalue weighted by Crippen LogP contribution is 2.28. The number of benzene rings is 2. The number of carbonyl (C=O) groups excluding carboxylic acids is 2. The van der Waals surface area contributed by atoms with Crippen molar-refractivity contribution in [3.05, 3.63) is 59.7 Å². The van der Waals surface area contributed by atoms with E-state index in [2.05, 4.69) is 5.32 Å². The van der Waals surface area contributed by atoms with E-state index in [4.69, 9.17) is 18.9 Å². The fourth-order valence-corrected chi connectivity index (χ4v) is 2.62. The number of carbonyl (C=O) groups is 2. The third kappa shape index (κ3) is 8.14. The van der Waals surface area contributed by atoms with Gasteiger partial charge in [-0.1, -0.05) is 19.1 Å². The Hall–Kier alpha value is -3.32. The van der Waals surface area contributed by atoms with Crippen molar-refractivity contribution in [3.63, 3.8) is 0 Å². The van der Waals surface area contributed by atoms with Gasteiger partial charge in [-0.05, 0) is 55.3 Å². The average molecular weight is 427 g/mol. The molecule has 2 aromatic rings. The van der Waals surface area contributed by atoms with Crippen molar-refractivity contribution in [2.75, 3.05) is 38.9 Å². The molecule has 166 valence electrons. The number of nitrogens with one attached hydrogen (secondary N) is 1. The van der Waals surface area contributed by atoms with Crippen LogP contribution < -0.4 is 14.8 Å². The molecule has 0 bridgehead atoms. The molecule has 0 saturated heterocycles. The fraction of sp³-hybridized carbons (Fsp3) is 0.333. The van der Waals surface area contributed by atoms with E-state index in [1.807, 2.05) is 26.0 Å². The highest BCUT2D eigenvalue weighted by atomic mass is 16.6. The first-order chi connectivity index (χ1) is 15.1. The van der Waals surface area contributed by atoms with Crippen LogP contribution in [0.4, 0.5) is 5.69 Å². The lowest BCUT2D eigenvalue weighted by atomic mass is 10.1. The molecule has 2 aromatic carbocycles. The maximum atomic E-state index is 12.3. The summed E-state index contributed by atoms with van der Waals surface area (Å²) in [6.45, 7) is 5.60. The molecule has 0 atom stereocenters. The lowest BCUT2D eigenvalue weighted by molar-refractivity contribution is -0.111. The second-order valence-corrected chi connectivity index (χ2v) is 6.49. The van der Waals surface area contributed by atoms with Gasteiger partial charge in [-0.15, -0.1) is 0 Å². The molecule has 0 unspecified atom stereocenters. The van der Waals surface area contributed by atoms with Crippen molar-refractivity contribution in [2.45, 2.75) is 20.3 Å². The minimum Gasteiger partial charge on any atom is -0.493 e. The van der Waals surface area contributed by atoms with Crippen LogP contribution in [-0.2, 0) is 14.3 Å². The summed E-state index contributed by atoms with van der Waals surface area (Å²) in [5, 5.41) is 2.74. The normalized spacial score (nSPS) is 10.7. The predicted molar refractivity (Wildman–Crippen MR) is 120 cm³/mol. The van der Waals surface area contributed by atoms with Gasteiger partial charge < -0.3 is 24.3 Å². The van der Waals surface area contributed by atoms with E-state index in [1.165, 1.54) is 6.08 Å². The quantitative estimate of drug-likeness (QED) is 0.308. The van der Waals surface area contributed by atoms with Crippen LogP contribution in [-0.4, -0.2) is 45.4 Å². The Labute approximate surface area is 183 Å². The van der Waals surface area contributed by atoms with Gasteiger partial charge in [-0.2, -0.15) is 0 Å². The Kier molecular flexibility index (Phi) is 10.1. The van der Waals surface area contributed by atoms with Crippen molar-refractivity contribution in [2.24, 2.45) is 0 Å². The third-order valence-corrected chi connectivity index (χ3v) is 4.11. The Morgan fingerprint density at radius 2 is 1.84 bits per heavy atom. The van der Waals surface area contributed by atoms with Crippen LogP contribution in [0.1, 0.15) is 36.2 Å². The molecule has 7 nitrogen and oxygen atoms in total. The topological polar surface area (TPSA) is 83.1 Å². The smallest absolute Gasteiger partial charge is 0.338 e. The molecule has 1 N–H and O–H groups in total. The standard InChI is InChI=1S/C24H29NO6/c1-4-13-30-21-11-9-18(16-22(21)28-3)10-12-23(26)25-20-8-6-7-19(17-20)24(27)31-15-14-29-5-2/h6-12,16-17H,4-5,13-15H2,1-3H3,(H,25,26)/b12-10+. The number of hydrogen-bond donors (Lipinski definition) is 1. The lowest BCUT2D eigenvalue weighted by Gasteiger charge is -2.10. The van der Waals surface area contributed by atoms with E-state index < -0.39 is 5.97 Å². The molecule has 1 amide bonds. The molecule has 0 aromatic heterocycles. The minimum absolute atomic E-state index is 0.178. The average Bonchev–Trinajstić information content (AvgIpc) is 2.79. The summed E-state index contributed by atoms with van der Waals surface area (Å²) in [4.78, 5) is 24.4. The number of amides is 1. The summed E-state index contributed by atoms with van der Waals surface area (Å²) in [7, 11) is 1.57. The maximum absolute atomic E-state index is 12.3. The van der Waals surface area contributed by atoms with Gasteiger partial charge in [0.2, 0.25) is 5.91 Å². The van der Waals surface area contributed by atoms with Crippen molar-refractivity contribution in [1.29, 1.82) is 0 Å². The summed E-state index contributed by atoms with van der Waals surface area (Å²) in [5.41, 5.74) is 1.64. The second-order valence-electron chi connectivity index (χ2n) is 6.49. The molecule has 0 aliphatic carbocycles. The van der Waals surface area contributed by atoms with Crippen molar-refractivity contribution in [3.8, 4) is 11.5 Å². The molecule has 7 heteroatoms. The number of ether oxygens (including phenoxy) is 4. The maximum Gasteiger partial charge on any atom is 0.338 e. The molecule has 0 heterocycles. The van der Waals surface area contributed by atoms with Gasteiger partial charge in [0.05, 0.1) is 25.9 Å². The highest BCUT2D eigenvalue weighted by Gasteiger charge is 2.09. The van der Waals surface area contributed by atoms with Gasteiger partial charge in [0.15, 0.2) is 11.5 Å². The zero-order chi connectivity index (χ0) is 22.5. The fourth-order valence-electron chi connectivity index (χ4n) is 2.62. The Morgan fingerprint density at radius 3 is 2.58 bits per heavy atom. The summed E-state index contributed by atoms with van der Waals surface area (Å²) < 4.78 is 21.3. The van der Waals surface area contributed by atoms with Gasteiger partial charge in [-0.25, -0.2) is 4.79 Å². The molecule has 0 fully saturated rings. The predicted octanol–water partition coefficient (Wildman–Crippen LogP) is 4.33. The summed E-state index contributed by atoms with van der Waals surface area (Å²) in [6, 6.07) is 12.0. The van der Waals surface area contributed by atoms with Crippen LogP contribution in [0.25, 0.3) is 6.08 Å². The molecule has 31 heavy (non-hydrogen) atoms. The molecular formula is C24H29NO6. The van der Waals surface area contributed by atoms with Crippen LogP contribution in [0.2, 0.25) is 0 Å². The first kappa shape index (κ1) is 24.0. The van der Waals surface area contributed by atoms with Gasteiger partial charge in [0, 0.05) is 18.4 Å². The van der Waals surface area contributed by atoms with Crippen LogP contribution in [0, 0.1) is 0 Å². The Morgan fingerprint density at radius 1 is 1.00 bits per heavy atom. The second kappa shape index (κ2) is 13.1. The third-order valence-electron chi connectivity index (χ3n) is 4.11. The van der Waals surface area contributed by atoms with Crippen molar-refractivity contribution in [1.82, 2.24) is 0 Å². The Bertz CT molecular complexity index is 893. The minimum atomic E-state index is -0.469. The zero-order valence-corrected chi connectivity index (χ0v) is 18.2. The first-order valence-electron chi connectivity index (χ1n) is 10.2. The van der Waals surface area contributed by atoms with E-state index in [9.17, 15) is 9.59 Å². The number of rotatable bonds is 12. The monoisotopic (exact) mass is 427 g/mol. The van der Waals surface area contributed by atoms with Crippen LogP contribution in [0.3, 0.4) is 0 Å². The van der Waals surface area contributed by atoms with E-state index in [1.54, 1.807) is 43.5 Å². The van der Waals surface area contributed by atoms with E-state index >= 15 is 0 Å². The molecular weight excluding hydrogens is 398 g/mol. The Balaban J connectivity index is 1.96. The molecule has 0 saturated carbocycles. The molecule has 2 rings (SSSR count). The summed E-state index contributed by atoms with van der Waals surface area (Å²) >= 11 is 0. The van der Waals surface area contributed by atoms with Crippen LogP contribution in [0.5, 0.6) is 11.5 Å². The van der Waals surface area contributed by atoms with E-state index in [0.29, 0.717) is 42.6 Å². The van der Waals surface area contributed by atoms with Gasteiger partial charge in [-0.3, -0.25) is 4.79 Å². The van der Waals surface area contributed by atoms with Gasteiger partial charge >= 0.3 is 5.97 Å². The molecule has 0 spiro atoms. The summed E-state index contributed by atoms with van der Waals surface area (Å²) in [6.07, 6.45) is 3.99. The van der Waals surface area contributed by atoms with Gasteiger partial charge in [0.25, 0.3) is 0 Å². The number of hydrogen-bond acceptors (Lipinski definition) is 6. The van der Waals surface area contributed by atoms with Crippen LogP contribution in [0.15, 0.2) is 48.5 Å². The molecule has 0 radical (unpaired) electrons. The molecule has 0 aliphatic rings. The number of methoxy groups -OCH3 is 1. The van der Waals surface area contributed by atoms with Gasteiger partial charge in [0.1, 0.15) is 6.61 Å². The number of esters is 1. The lowest BCUT2D eigenvalue weighted by Crippen LogP contribution is -2.12. The van der Waals surface area contributed by atoms with E-state index in [-0.39, 0.29) is 12.5 Å². The van der Waals surface area contributed by atoms with E-state index in [0.717, 1.165) is 12.0 Å².